The van der Waals surface area contributed by atoms with Crippen molar-refractivity contribution in [2.45, 2.75) is 25.7 Å². The second-order valence-electron chi connectivity index (χ2n) is 5.92. The first kappa shape index (κ1) is 17.0. The molecule has 2 aromatic carbocycles. The molecule has 3 rings (SSSR count). The summed E-state index contributed by atoms with van der Waals surface area (Å²) in [5.74, 6) is -0.833. The van der Waals surface area contributed by atoms with Crippen LogP contribution < -0.4 is 9.03 Å². The van der Waals surface area contributed by atoms with Gasteiger partial charge < -0.3 is 5.11 Å². The minimum Gasteiger partial charge on any atom is -0.506 e. The number of rotatable bonds is 5. The van der Waals surface area contributed by atoms with E-state index in [4.69, 9.17) is 5.26 Å². The summed E-state index contributed by atoms with van der Waals surface area (Å²) in [6, 6.07) is 10.9. The lowest BCUT2D eigenvalue weighted by Gasteiger charge is -2.17. The highest BCUT2D eigenvalue weighted by Crippen LogP contribution is 2.35. The van der Waals surface area contributed by atoms with Crippen LogP contribution in [0.25, 0.3) is 10.8 Å². The SMILES string of the molecule is N#CCCCCc1ccc2cc(O)c(N3CC(=O)NS3(=O)=O)cc2c1. The van der Waals surface area contributed by atoms with Crippen molar-refractivity contribution in [1.82, 2.24) is 4.72 Å². The maximum Gasteiger partial charge on any atom is 0.326 e. The number of phenols is 1. The van der Waals surface area contributed by atoms with Crippen LogP contribution in [0.1, 0.15) is 24.8 Å². The third kappa shape index (κ3) is 3.51. The predicted octanol–water partition coefficient (Wildman–Crippen LogP) is 1.96. The molecule has 2 N–H and O–H groups in total. The van der Waals surface area contributed by atoms with Crippen LogP contribution in [-0.2, 0) is 21.4 Å². The number of nitriles is 1. The molecule has 25 heavy (non-hydrogen) atoms. The number of aromatic hydroxyl groups is 1. The van der Waals surface area contributed by atoms with Crippen LogP contribution in [0.4, 0.5) is 5.69 Å². The topological polar surface area (TPSA) is 110 Å². The predicted molar refractivity (Wildman–Crippen MR) is 93.2 cm³/mol. The van der Waals surface area contributed by atoms with Crippen molar-refractivity contribution < 1.29 is 18.3 Å². The number of nitrogens with zero attached hydrogens (tertiary/aromatic N) is 2. The molecular formula is C17H17N3O4S. The molecule has 0 unspecified atom stereocenters. The number of carbonyl (C=O) groups excluding carboxylic acids is 1. The van der Waals surface area contributed by atoms with Crippen molar-refractivity contribution in [2.75, 3.05) is 10.8 Å². The highest BCUT2D eigenvalue weighted by Gasteiger charge is 2.35. The zero-order valence-corrected chi connectivity index (χ0v) is 14.2. The number of benzene rings is 2. The fraction of sp³-hybridized carbons (Fsp3) is 0.294. The average molecular weight is 359 g/mol. The van der Waals surface area contributed by atoms with E-state index in [9.17, 15) is 18.3 Å². The Labute approximate surface area is 145 Å². The molecule has 0 aromatic heterocycles. The number of amides is 1. The van der Waals surface area contributed by atoms with Crippen molar-refractivity contribution in [2.24, 2.45) is 0 Å². The normalized spacial score (nSPS) is 16.0. The quantitative estimate of drug-likeness (QED) is 0.793. The molecule has 0 bridgehead atoms. The number of fused-ring (bicyclic) bond motifs is 1. The lowest BCUT2D eigenvalue weighted by atomic mass is 10.0. The first-order chi connectivity index (χ1) is 11.9. The van der Waals surface area contributed by atoms with Crippen LogP contribution in [0.15, 0.2) is 30.3 Å². The third-order valence-corrected chi connectivity index (χ3v) is 5.48. The molecule has 1 amide bonds. The summed E-state index contributed by atoms with van der Waals surface area (Å²) in [5.41, 5.74) is 1.15. The van der Waals surface area contributed by atoms with Gasteiger partial charge in [-0.15, -0.1) is 0 Å². The number of hydrogen-bond donors (Lipinski definition) is 2. The Kier molecular flexibility index (Phi) is 4.51. The van der Waals surface area contributed by atoms with Crippen molar-refractivity contribution in [3.63, 3.8) is 0 Å². The minimum atomic E-state index is -3.97. The van der Waals surface area contributed by atoms with Crippen LogP contribution in [0.3, 0.4) is 0 Å². The van der Waals surface area contributed by atoms with E-state index >= 15 is 0 Å². The van der Waals surface area contributed by atoms with E-state index in [0.29, 0.717) is 6.42 Å². The second kappa shape index (κ2) is 6.61. The first-order valence-corrected chi connectivity index (χ1v) is 9.30. The fourth-order valence-electron chi connectivity index (χ4n) is 2.87. The fourth-order valence-corrected chi connectivity index (χ4v) is 4.03. The molecule has 0 radical (unpaired) electrons. The van der Waals surface area contributed by atoms with Crippen molar-refractivity contribution in [1.29, 1.82) is 5.26 Å². The number of phenolic OH excluding ortho intramolecular Hbond substituents is 1. The summed E-state index contributed by atoms with van der Waals surface area (Å²) in [7, 11) is -3.97. The van der Waals surface area contributed by atoms with Crippen LogP contribution in [0.2, 0.25) is 0 Å². The van der Waals surface area contributed by atoms with E-state index < -0.39 is 16.1 Å². The molecule has 1 aliphatic rings. The molecule has 0 atom stereocenters. The Morgan fingerprint density at radius 3 is 2.68 bits per heavy atom. The number of unbranched alkanes of at least 4 members (excludes halogenated alkanes) is 2. The van der Waals surface area contributed by atoms with E-state index in [-0.39, 0.29) is 18.0 Å². The van der Waals surface area contributed by atoms with Crippen molar-refractivity contribution >= 4 is 32.6 Å². The van der Waals surface area contributed by atoms with Crippen molar-refractivity contribution in [3.8, 4) is 11.8 Å². The van der Waals surface area contributed by atoms with Crippen LogP contribution in [0, 0.1) is 11.3 Å². The Balaban J connectivity index is 1.94. The van der Waals surface area contributed by atoms with Crippen LogP contribution >= 0.6 is 0 Å². The number of carbonyl (C=O) groups is 1. The number of aryl methyl sites for hydroxylation is 1. The maximum atomic E-state index is 12.0. The van der Waals surface area contributed by atoms with E-state index in [1.807, 2.05) is 22.9 Å². The molecule has 0 spiro atoms. The molecule has 7 nitrogen and oxygen atoms in total. The molecule has 130 valence electrons. The second-order valence-corrected chi connectivity index (χ2v) is 7.52. The third-order valence-electron chi connectivity index (χ3n) is 4.09. The van der Waals surface area contributed by atoms with Gasteiger partial charge in [0.2, 0.25) is 0 Å². The van der Waals surface area contributed by atoms with Gasteiger partial charge in [0.15, 0.2) is 0 Å². The molecule has 1 aliphatic heterocycles. The number of hydrogen-bond acceptors (Lipinski definition) is 5. The van der Waals surface area contributed by atoms with E-state index in [0.717, 1.165) is 39.9 Å². The van der Waals surface area contributed by atoms with Crippen molar-refractivity contribution in [3.05, 3.63) is 35.9 Å². The zero-order chi connectivity index (χ0) is 18.0. The lowest BCUT2D eigenvalue weighted by molar-refractivity contribution is -0.117. The monoisotopic (exact) mass is 359 g/mol. The first-order valence-electron chi connectivity index (χ1n) is 7.86. The molecule has 0 saturated carbocycles. The summed E-state index contributed by atoms with van der Waals surface area (Å²) in [4.78, 5) is 11.4. The van der Waals surface area contributed by atoms with Crippen LogP contribution in [-0.4, -0.2) is 26.0 Å². The van der Waals surface area contributed by atoms with Gasteiger partial charge in [-0.1, -0.05) is 18.2 Å². The molecule has 1 heterocycles. The van der Waals surface area contributed by atoms with Gasteiger partial charge in [0.1, 0.15) is 12.3 Å². The highest BCUT2D eigenvalue weighted by molar-refractivity contribution is 7.92. The molecule has 2 aromatic rings. The molecule has 1 fully saturated rings. The van der Waals surface area contributed by atoms with E-state index in [1.165, 1.54) is 6.07 Å². The molecule has 0 aliphatic carbocycles. The van der Waals surface area contributed by atoms with Gasteiger partial charge in [0.25, 0.3) is 5.91 Å². The maximum absolute atomic E-state index is 12.0. The van der Waals surface area contributed by atoms with Gasteiger partial charge in [-0.05, 0) is 47.7 Å². The van der Waals surface area contributed by atoms with Gasteiger partial charge in [-0.3, -0.25) is 4.79 Å². The van der Waals surface area contributed by atoms with Gasteiger partial charge >= 0.3 is 10.2 Å². The molecule has 8 heteroatoms. The Bertz CT molecular complexity index is 979. The lowest BCUT2D eigenvalue weighted by Crippen LogP contribution is -2.29. The van der Waals surface area contributed by atoms with Gasteiger partial charge in [-0.2, -0.15) is 13.7 Å². The molecule has 1 saturated heterocycles. The minimum absolute atomic E-state index is 0.0764. The Morgan fingerprint density at radius 2 is 2.00 bits per heavy atom. The van der Waals surface area contributed by atoms with Crippen LogP contribution in [0.5, 0.6) is 5.75 Å². The largest absolute Gasteiger partial charge is 0.506 e. The molecular weight excluding hydrogens is 342 g/mol. The van der Waals surface area contributed by atoms with Gasteiger partial charge in [0.05, 0.1) is 11.8 Å². The standard InChI is InChI=1S/C17H17N3O4S/c18-7-3-1-2-4-12-5-6-13-10-16(21)15(9-14(13)8-12)20-11-17(22)19-25(20,23)24/h5-6,8-10,21H,1-4,11H2,(H,19,22). The summed E-state index contributed by atoms with van der Waals surface area (Å²) >= 11 is 0. The van der Waals surface area contributed by atoms with E-state index in [1.54, 1.807) is 6.07 Å². The number of anilines is 1. The highest BCUT2D eigenvalue weighted by atomic mass is 32.2. The summed E-state index contributed by atoms with van der Waals surface area (Å²) in [6.07, 6.45) is 3.06. The summed E-state index contributed by atoms with van der Waals surface area (Å²) < 4.78 is 26.7. The average Bonchev–Trinajstić information content (AvgIpc) is 2.83. The van der Waals surface area contributed by atoms with E-state index in [2.05, 4.69) is 6.07 Å². The number of nitrogens with one attached hydrogen (secondary N) is 1. The summed E-state index contributed by atoms with van der Waals surface area (Å²) in [6.45, 7) is -0.352. The summed E-state index contributed by atoms with van der Waals surface area (Å²) in [5, 5.41) is 20.3. The van der Waals surface area contributed by atoms with Gasteiger partial charge in [-0.25, -0.2) is 9.03 Å². The smallest absolute Gasteiger partial charge is 0.326 e. The Morgan fingerprint density at radius 1 is 1.20 bits per heavy atom. The zero-order valence-electron chi connectivity index (χ0n) is 13.4. The Hall–Kier alpha value is -2.79. The van der Waals surface area contributed by atoms with Gasteiger partial charge in [0, 0.05) is 6.42 Å².